The Bertz CT molecular complexity index is 833. The van der Waals surface area contributed by atoms with Gasteiger partial charge in [0.15, 0.2) is 5.96 Å². The number of nitrogens with zero attached hydrogens (tertiary/aromatic N) is 4. The van der Waals surface area contributed by atoms with Gasteiger partial charge in [-0.1, -0.05) is 12.1 Å². The first kappa shape index (κ1) is 25.2. The minimum absolute atomic E-state index is 0. The lowest BCUT2D eigenvalue weighted by molar-refractivity contribution is 0.125. The van der Waals surface area contributed by atoms with Crippen LogP contribution < -0.4 is 15.5 Å². The summed E-state index contributed by atoms with van der Waals surface area (Å²) >= 11 is 1.88. The molecule has 0 radical (unpaired) electrons. The van der Waals surface area contributed by atoms with E-state index >= 15 is 0 Å². The molecule has 0 bridgehead atoms. The van der Waals surface area contributed by atoms with Gasteiger partial charge in [0.25, 0.3) is 0 Å². The summed E-state index contributed by atoms with van der Waals surface area (Å²) in [6.45, 7) is 6.27. The van der Waals surface area contributed by atoms with E-state index in [9.17, 15) is 0 Å². The topological polar surface area (TPSA) is 55.8 Å². The first-order chi connectivity index (χ1) is 15.1. The molecule has 0 saturated carbocycles. The van der Waals surface area contributed by atoms with Crippen molar-refractivity contribution >= 4 is 47.1 Å². The molecular weight excluding hydrogens is 531 g/mol. The highest BCUT2D eigenvalue weighted by Crippen LogP contribution is 2.36. The van der Waals surface area contributed by atoms with Crippen molar-refractivity contribution in [2.75, 3.05) is 45.2 Å². The number of rotatable bonds is 5. The van der Waals surface area contributed by atoms with Crippen molar-refractivity contribution in [3.8, 4) is 0 Å². The number of piperidine rings is 2. The summed E-state index contributed by atoms with van der Waals surface area (Å²) in [5.41, 5.74) is 1.21. The lowest BCUT2D eigenvalue weighted by atomic mass is 9.88. The molecule has 2 fully saturated rings. The molecule has 2 N–H and O–H groups in total. The Morgan fingerprint density at radius 2 is 2.00 bits per heavy atom. The molecule has 4 heterocycles. The van der Waals surface area contributed by atoms with Crippen LogP contribution in [0.15, 0.2) is 40.8 Å². The number of halogens is 1. The summed E-state index contributed by atoms with van der Waals surface area (Å²) in [6.07, 6.45) is 6.68. The molecule has 2 aliphatic heterocycles. The van der Waals surface area contributed by atoms with Crippen molar-refractivity contribution in [2.45, 2.75) is 44.7 Å². The Hall–Kier alpha value is -1.39. The zero-order chi connectivity index (χ0) is 21.6. The molecular formula is C24H37IN6S. The van der Waals surface area contributed by atoms with Crippen molar-refractivity contribution < 1.29 is 0 Å². The van der Waals surface area contributed by atoms with Gasteiger partial charge in [-0.3, -0.25) is 9.89 Å². The first-order valence-corrected chi connectivity index (χ1v) is 12.4. The molecule has 6 nitrogen and oxygen atoms in total. The summed E-state index contributed by atoms with van der Waals surface area (Å²) in [5.74, 6) is 2.63. The summed E-state index contributed by atoms with van der Waals surface area (Å²) in [4.78, 5) is 15.5. The molecule has 2 aromatic heterocycles. The van der Waals surface area contributed by atoms with Crippen LogP contribution in [-0.4, -0.2) is 62.2 Å². The summed E-state index contributed by atoms with van der Waals surface area (Å²) < 4.78 is 0. The summed E-state index contributed by atoms with van der Waals surface area (Å²) in [5, 5.41) is 9.50. The van der Waals surface area contributed by atoms with Crippen LogP contribution in [0.1, 0.15) is 42.2 Å². The SMILES string of the molecule is CN=C(NCC1CCCN(C)C1c1cccs1)NC1CCN(c2ccc(C)cn2)CC1.I. The molecule has 2 saturated heterocycles. The normalized spacial score (nSPS) is 23.0. The van der Waals surface area contributed by atoms with E-state index < -0.39 is 0 Å². The number of hydrogen-bond donors (Lipinski definition) is 2. The van der Waals surface area contributed by atoms with Crippen LogP contribution in [0.2, 0.25) is 0 Å². The minimum Gasteiger partial charge on any atom is -0.356 e. The van der Waals surface area contributed by atoms with E-state index in [1.165, 1.54) is 29.8 Å². The van der Waals surface area contributed by atoms with Gasteiger partial charge in [0.1, 0.15) is 5.82 Å². The Balaban J connectivity index is 0.00000289. The van der Waals surface area contributed by atoms with Gasteiger partial charge in [0.05, 0.1) is 0 Å². The Kier molecular flexibility index (Phi) is 9.61. The van der Waals surface area contributed by atoms with Gasteiger partial charge in [-0.05, 0) is 75.2 Å². The summed E-state index contributed by atoms with van der Waals surface area (Å²) in [7, 11) is 4.14. The zero-order valence-corrected chi connectivity index (χ0v) is 22.6. The minimum atomic E-state index is 0. The number of pyridine rings is 1. The van der Waals surface area contributed by atoms with Gasteiger partial charge in [-0.15, -0.1) is 35.3 Å². The van der Waals surface area contributed by atoms with Crippen molar-refractivity contribution in [1.29, 1.82) is 0 Å². The van der Waals surface area contributed by atoms with Crippen molar-refractivity contribution in [3.05, 3.63) is 46.3 Å². The predicted molar refractivity (Wildman–Crippen MR) is 147 cm³/mol. The molecule has 8 heteroatoms. The van der Waals surface area contributed by atoms with Crippen LogP contribution >= 0.6 is 35.3 Å². The van der Waals surface area contributed by atoms with E-state index in [0.29, 0.717) is 18.0 Å². The lowest BCUT2D eigenvalue weighted by Crippen LogP contribution is -2.50. The maximum atomic E-state index is 4.59. The number of likely N-dealkylation sites (tertiary alicyclic amines) is 1. The van der Waals surface area contributed by atoms with Gasteiger partial charge in [0, 0.05) is 49.8 Å². The summed E-state index contributed by atoms with van der Waals surface area (Å²) in [6, 6.07) is 9.69. The number of thiophene rings is 1. The number of aryl methyl sites for hydroxylation is 1. The Labute approximate surface area is 213 Å². The fourth-order valence-electron chi connectivity index (χ4n) is 4.90. The third-order valence-electron chi connectivity index (χ3n) is 6.65. The molecule has 176 valence electrons. The van der Waals surface area contributed by atoms with E-state index in [1.54, 1.807) is 0 Å². The standard InChI is InChI=1S/C24H36N6S.HI/c1-18-8-9-22(26-16-18)30-13-10-20(11-14-30)28-24(25-2)27-17-19-6-4-12-29(3)23(19)21-7-5-15-31-21;/h5,7-9,15-16,19-20,23H,4,6,10-14,17H2,1-3H3,(H2,25,27,28);1H. The van der Waals surface area contributed by atoms with Crippen LogP contribution in [0.3, 0.4) is 0 Å². The first-order valence-electron chi connectivity index (χ1n) is 11.5. The van der Waals surface area contributed by atoms with Crippen LogP contribution in [0, 0.1) is 12.8 Å². The molecule has 2 unspecified atom stereocenters. The third-order valence-corrected chi connectivity index (χ3v) is 7.60. The van der Waals surface area contributed by atoms with E-state index in [4.69, 9.17) is 0 Å². The van der Waals surface area contributed by atoms with Crippen LogP contribution in [0.5, 0.6) is 0 Å². The highest BCUT2D eigenvalue weighted by molar-refractivity contribution is 14.0. The number of anilines is 1. The zero-order valence-electron chi connectivity index (χ0n) is 19.5. The average molecular weight is 569 g/mol. The highest BCUT2D eigenvalue weighted by Gasteiger charge is 2.31. The number of aliphatic imine (C=N–C) groups is 1. The Morgan fingerprint density at radius 3 is 2.66 bits per heavy atom. The quantitative estimate of drug-likeness (QED) is 0.321. The van der Waals surface area contributed by atoms with E-state index in [-0.39, 0.29) is 24.0 Å². The largest absolute Gasteiger partial charge is 0.356 e. The fraction of sp³-hybridized carbons (Fsp3) is 0.583. The third kappa shape index (κ3) is 6.35. The molecule has 0 aromatic carbocycles. The van der Waals surface area contributed by atoms with Crippen molar-refractivity contribution in [2.24, 2.45) is 10.9 Å². The second-order valence-electron chi connectivity index (χ2n) is 8.90. The molecule has 4 rings (SSSR count). The van der Waals surface area contributed by atoms with Crippen molar-refractivity contribution in [1.82, 2.24) is 20.5 Å². The molecule has 2 aliphatic rings. The molecule has 0 aliphatic carbocycles. The van der Waals surface area contributed by atoms with Crippen LogP contribution in [0.25, 0.3) is 0 Å². The van der Waals surface area contributed by atoms with Gasteiger partial charge < -0.3 is 15.5 Å². The van der Waals surface area contributed by atoms with Crippen LogP contribution in [-0.2, 0) is 0 Å². The predicted octanol–water partition coefficient (Wildman–Crippen LogP) is 4.29. The number of nitrogens with one attached hydrogen (secondary N) is 2. The van der Waals surface area contributed by atoms with E-state index in [2.05, 4.69) is 74.0 Å². The lowest BCUT2D eigenvalue weighted by Gasteiger charge is -2.39. The fourth-order valence-corrected chi connectivity index (χ4v) is 5.88. The molecule has 32 heavy (non-hydrogen) atoms. The van der Waals surface area contributed by atoms with Crippen LogP contribution in [0.4, 0.5) is 5.82 Å². The molecule has 2 atom stereocenters. The van der Waals surface area contributed by atoms with E-state index in [0.717, 1.165) is 44.3 Å². The number of guanidine groups is 1. The van der Waals surface area contributed by atoms with Gasteiger partial charge >= 0.3 is 0 Å². The van der Waals surface area contributed by atoms with Gasteiger partial charge in [-0.25, -0.2) is 4.98 Å². The number of aromatic nitrogens is 1. The Morgan fingerprint density at radius 1 is 1.19 bits per heavy atom. The van der Waals surface area contributed by atoms with Crippen molar-refractivity contribution in [3.63, 3.8) is 0 Å². The molecule has 0 spiro atoms. The maximum Gasteiger partial charge on any atom is 0.191 e. The molecule has 2 aromatic rings. The smallest absolute Gasteiger partial charge is 0.191 e. The number of hydrogen-bond acceptors (Lipinski definition) is 5. The highest BCUT2D eigenvalue weighted by atomic mass is 127. The van der Waals surface area contributed by atoms with E-state index in [1.807, 2.05) is 24.6 Å². The van der Waals surface area contributed by atoms with Gasteiger partial charge in [-0.2, -0.15) is 0 Å². The van der Waals surface area contributed by atoms with Gasteiger partial charge in [0.2, 0.25) is 0 Å². The average Bonchev–Trinajstić information content (AvgIpc) is 3.32. The second kappa shape index (κ2) is 12.2. The molecule has 0 amide bonds. The second-order valence-corrected chi connectivity index (χ2v) is 9.87. The maximum absolute atomic E-state index is 4.59. The monoisotopic (exact) mass is 568 g/mol.